The maximum absolute atomic E-state index is 5.32. The highest BCUT2D eigenvalue weighted by Crippen LogP contribution is 2.24. The Morgan fingerprint density at radius 2 is 1.71 bits per heavy atom. The monoisotopic (exact) mass is 215 g/mol. The van der Waals surface area contributed by atoms with Crippen LogP contribution in [-0.2, 0) is 13.3 Å². The van der Waals surface area contributed by atoms with Gasteiger partial charge in [-0.15, -0.1) is 0 Å². The van der Waals surface area contributed by atoms with E-state index in [0.717, 1.165) is 0 Å². The molecule has 1 radical (unpaired) electrons. The Morgan fingerprint density at radius 3 is 2.29 bits per heavy atom. The molecule has 0 heterocycles. The average molecular weight is 215 g/mol. The maximum Gasteiger partial charge on any atom is 0.655 e. The molecule has 1 aliphatic rings. The fourth-order valence-corrected chi connectivity index (χ4v) is 2.26. The van der Waals surface area contributed by atoms with E-state index < -0.39 is 9.53 Å². The minimum absolute atomic E-state index is 0.695. The quantitative estimate of drug-likeness (QED) is 0.520. The highest BCUT2D eigenvalue weighted by Gasteiger charge is 2.15. The highest BCUT2D eigenvalue weighted by molar-refractivity contribution is 6.36. The lowest BCUT2D eigenvalue weighted by Gasteiger charge is -2.17. The van der Waals surface area contributed by atoms with Crippen molar-refractivity contribution in [3.8, 4) is 0 Å². The average Bonchev–Trinajstić information content (AvgIpc) is 2.26. The van der Waals surface area contributed by atoms with E-state index in [1.807, 2.05) is 0 Å². The lowest BCUT2D eigenvalue weighted by atomic mass is 9.89. The van der Waals surface area contributed by atoms with Gasteiger partial charge in [0, 0.05) is 14.2 Å². The molecule has 0 aromatic rings. The van der Waals surface area contributed by atoms with E-state index in [4.69, 9.17) is 13.3 Å². The smallest absolute Gasteiger partial charge is 0.505 e. The molecule has 1 fully saturated rings. The van der Waals surface area contributed by atoms with Gasteiger partial charge in [-0.1, -0.05) is 19.3 Å². The van der Waals surface area contributed by atoms with Crippen LogP contribution < -0.4 is 0 Å². The topological polar surface area (TPSA) is 27.7 Å². The van der Waals surface area contributed by atoms with Crippen LogP contribution in [0.2, 0.25) is 0 Å². The van der Waals surface area contributed by atoms with E-state index in [0.29, 0.717) is 5.92 Å². The first kappa shape index (κ1) is 11.7. The third kappa shape index (κ3) is 4.26. The molecule has 14 heavy (non-hydrogen) atoms. The van der Waals surface area contributed by atoms with Gasteiger partial charge >= 0.3 is 9.53 Å². The van der Waals surface area contributed by atoms with Gasteiger partial charge in [-0.25, -0.2) is 0 Å². The van der Waals surface area contributed by atoms with E-state index >= 15 is 0 Å². The van der Waals surface area contributed by atoms with E-state index in [1.54, 1.807) is 20.5 Å². The van der Waals surface area contributed by atoms with Crippen molar-refractivity contribution in [3.63, 3.8) is 0 Å². The summed E-state index contributed by atoms with van der Waals surface area (Å²) in [5, 5.41) is 0. The predicted molar refractivity (Wildman–Crippen MR) is 56.6 cm³/mol. The van der Waals surface area contributed by atoms with Gasteiger partial charge in [0.15, 0.2) is 0 Å². The second-order valence-electron chi connectivity index (χ2n) is 3.50. The molecular weight excluding hydrogens is 196 g/mol. The largest absolute Gasteiger partial charge is 0.655 e. The Balaban J connectivity index is 2.17. The first-order valence-electron chi connectivity index (χ1n) is 5.15. The molecule has 3 nitrogen and oxygen atoms in total. The van der Waals surface area contributed by atoms with Gasteiger partial charge in [0.1, 0.15) is 0 Å². The molecule has 0 aromatic heterocycles. The fraction of sp³-hybridized carbons (Fsp3) is 0.800. The third-order valence-corrected chi connectivity index (χ3v) is 3.49. The van der Waals surface area contributed by atoms with Gasteiger partial charge in [-0.2, -0.15) is 0 Å². The molecule has 0 atom stereocenters. The van der Waals surface area contributed by atoms with Crippen molar-refractivity contribution in [1.82, 2.24) is 0 Å². The predicted octanol–water partition coefficient (Wildman–Crippen LogP) is 2.37. The van der Waals surface area contributed by atoms with Crippen molar-refractivity contribution in [2.45, 2.75) is 32.1 Å². The standard InChI is InChI=1S/C10H19O3Si/c1-11-14(12-2)13-9-8-10-6-4-3-5-7-10/h8-10H,3-7H2,1-2H3. The minimum Gasteiger partial charge on any atom is -0.505 e. The zero-order chi connectivity index (χ0) is 10.2. The van der Waals surface area contributed by atoms with Crippen LogP contribution in [0.1, 0.15) is 32.1 Å². The molecule has 0 amide bonds. The van der Waals surface area contributed by atoms with Crippen molar-refractivity contribution in [1.29, 1.82) is 0 Å². The first-order valence-corrected chi connectivity index (χ1v) is 6.37. The summed E-state index contributed by atoms with van der Waals surface area (Å²) in [5.41, 5.74) is 0. The molecule has 0 aromatic carbocycles. The van der Waals surface area contributed by atoms with Crippen LogP contribution in [0.15, 0.2) is 12.3 Å². The van der Waals surface area contributed by atoms with Crippen molar-refractivity contribution in [2.24, 2.45) is 5.92 Å². The number of rotatable bonds is 5. The van der Waals surface area contributed by atoms with Gasteiger partial charge < -0.3 is 13.3 Å². The molecule has 0 saturated heterocycles. The molecule has 0 bridgehead atoms. The summed E-state index contributed by atoms with van der Waals surface area (Å²) in [5.74, 6) is 0.695. The normalized spacial score (nSPS) is 19.4. The van der Waals surface area contributed by atoms with Crippen LogP contribution in [0.25, 0.3) is 0 Å². The molecule has 81 valence electrons. The zero-order valence-corrected chi connectivity index (χ0v) is 9.99. The molecule has 4 heteroatoms. The van der Waals surface area contributed by atoms with Gasteiger partial charge in [0.25, 0.3) is 0 Å². The Hall–Kier alpha value is -0.323. The lowest BCUT2D eigenvalue weighted by Crippen LogP contribution is -2.21. The molecular formula is C10H19O3Si. The van der Waals surface area contributed by atoms with E-state index in [9.17, 15) is 0 Å². The number of hydrogen-bond acceptors (Lipinski definition) is 3. The van der Waals surface area contributed by atoms with Gasteiger partial charge in [-0.05, 0) is 24.8 Å². The highest BCUT2D eigenvalue weighted by atomic mass is 28.3. The van der Waals surface area contributed by atoms with E-state index in [1.165, 1.54) is 32.1 Å². The van der Waals surface area contributed by atoms with Crippen molar-refractivity contribution < 1.29 is 13.3 Å². The summed E-state index contributed by atoms with van der Waals surface area (Å²) < 4.78 is 15.3. The van der Waals surface area contributed by atoms with Gasteiger partial charge in [0.2, 0.25) is 0 Å². The Morgan fingerprint density at radius 1 is 1.07 bits per heavy atom. The SMILES string of the molecule is CO[Si](OC)OC=CC1CCCCC1. The van der Waals surface area contributed by atoms with E-state index in [2.05, 4.69) is 6.08 Å². The number of allylic oxidation sites excluding steroid dienone is 1. The summed E-state index contributed by atoms with van der Waals surface area (Å²) in [7, 11) is 1.70. The fourth-order valence-electron chi connectivity index (χ4n) is 1.71. The Kier molecular flexibility index (Phi) is 5.90. The summed E-state index contributed by atoms with van der Waals surface area (Å²) in [6.45, 7) is 0. The van der Waals surface area contributed by atoms with E-state index in [-0.39, 0.29) is 0 Å². The summed E-state index contributed by atoms with van der Waals surface area (Å²) in [6.07, 6.45) is 10.6. The molecule has 1 saturated carbocycles. The van der Waals surface area contributed by atoms with Crippen LogP contribution in [0.4, 0.5) is 0 Å². The second-order valence-corrected chi connectivity index (χ2v) is 5.05. The summed E-state index contributed by atoms with van der Waals surface area (Å²) >= 11 is 0. The molecule has 0 aliphatic heterocycles. The second kappa shape index (κ2) is 7.03. The molecule has 0 N–H and O–H groups in total. The van der Waals surface area contributed by atoms with Crippen LogP contribution >= 0.6 is 0 Å². The lowest BCUT2D eigenvalue weighted by molar-refractivity contribution is 0.180. The maximum atomic E-state index is 5.32. The van der Waals surface area contributed by atoms with Gasteiger partial charge in [-0.3, -0.25) is 0 Å². The van der Waals surface area contributed by atoms with Crippen molar-refractivity contribution in [3.05, 3.63) is 12.3 Å². The summed E-state index contributed by atoms with van der Waals surface area (Å²) in [4.78, 5) is 0. The molecule has 0 unspecified atom stereocenters. The molecule has 0 spiro atoms. The Labute approximate surface area is 88.0 Å². The minimum atomic E-state index is -1.51. The molecule has 1 rings (SSSR count). The third-order valence-electron chi connectivity index (χ3n) is 2.50. The summed E-state index contributed by atoms with van der Waals surface area (Å²) in [6, 6.07) is 0. The van der Waals surface area contributed by atoms with Gasteiger partial charge in [0.05, 0.1) is 6.26 Å². The molecule has 1 aliphatic carbocycles. The van der Waals surface area contributed by atoms with Crippen LogP contribution in [0.3, 0.4) is 0 Å². The van der Waals surface area contributed by atoms with Crippen LogP contribution in [0.5, 0.6) is 0 Å². The first-order chi connectivity index (χ1) is 6.86. The van der Waals surface area contributed by atoms with Crippen LogP contribution in [0, 0.1) is 5.92 Å². The van der Waals surface area contributed by atoms with Crippen molar-refractivity contribution >= 4 is 9.53 Å². The van der Waals surface area contributed by atoms with Crippen molar-refractivity contribution in [2.75, 3.05) is 14.2 Å². The number of hydrogen-bond donors (Lipinski definition) is 0. The zero-order valence-electron chi connectivity index (χ0n) is 8.99. The van der Waals surface area contributed by atoms with Crippen LogP contribution in [-0.4, -0.2) is 23.7 Å². The Bertz CT molecular complexity index is 163.